The highest BCUT2D eigenvalue weighted by Gasteiger charge is 2.30. The van der Waals surface area contributed by atoms with Crippen molar-refractivity contribution in [2.24, 2.45) is 5.10 Å². The molecule has 4 heteroatoms. The van der Waals surface area contributed by atoms with Gasteiger partial charge in [-0.2, -0.15) is 0 Å². The third-order valence-electron chi connectivity index (χ3n) is 2.75. The molecular weight excluding hydrogens is 176 g/mol. The Morgan fingerprint density at radius 3 is 2.79 bits per heavy atom. The molecule has 14 heavy (non-hydrogen) atoms. The van der Waals surface area contributed by atoms with Gasteiger partial charge in [0.05, 0.1) is 19.5 Å². The summed E-state index contributed by atoms with van der Waals surface area (Å²) in [6.07, 6.45) is 9.85. The van der Waals surface area contributed by atoms with Crippen molar-refractivity contribution in [2.45, 2.75) is 0 Å². The monoisotopic (exact) mass is 193 g/mol. The number of likely N-dealkylation sites (N-methyl/N-ethyl adjacent to an activating group) is 1. The van der Waals surface area contributed by atoms with Crippen LogP contribution in [0, 0.1) is 0 Å². The molecule has 0 atom stereocenters. The predicted molar refractivity (Wildman–Crippen MR) is 57.4 cm³/mol. The highest BCUT2D eigenvalue weighted by molar-refractivity contribution is 5.71. The first-order valence-corrected chi connectivity index (χ1v) is 5.04. The number of nitrogens with zero attached hydrogens (tertiary/aromatic N) is 3. The van der Waals surface area contributed by atoms with E-state index in [0.29, 0.717) is 0 Å². The average Bonchev–Trinajstić information content (AvgIpc) is 2.47. The molecule has 1 N–H and O–H groups in total. The second kappa shape index (κ2) is 3.94. The van der Waals surface area contributed by atoms with E-state index in [0.717, 1.165) is 30.8 Å². The SMILES string of the molecule is C[N+]1(N2C=CC=CC=N2)CCNCC1. The van der Waals surface area contributed by atoms with E-state index in [1.165, 1.54) is 0 Å². The Hall–Kier alpha value is -1.13. The van der Waals surface area contributed by atoms with Gasteiger partial charge in [-0.25, -0.2) is 4.59 Å². The third kappa shape index (κ3) is 1.86. The van der Waals surface area contributed by atoms with Crippen LogP contribution in [0.5, 0.6) is 0 Å². The fourth-order valence-corrected chi connectivity index (χ4v) is 1.75. The Bertz CT molecular complexity index is 258. The zero-order chi connectivity index (χ0) is 9.86. The van der Waals surface area contributed by atoms with Gasteiger partial charge in [0, 0.05) is 13.1 Å². The summed E-state index contributed by atoms with van der Waals surface area (Å²) in [6.45, 7) is 4.29. The minimum Gasteiger partial charge on any atom is -0.306 e. The predicted octanol–water partition coefficient (Wildman–Crippen LogP) is 0.322. The van der Waals surface area contributed by atoms with E-state index in [1.54, 1.807) is 0 Å². The summed E-state index contributed by atoms with van der Waals surface area (Å²) in [5, 5.41) is 9.79. The van der Waals surface area contributed by atoms with Gasteiger partial charge in [0.1, 0.15) is 13.1 Å². The van der Waals surface area contributed by atoms with Crippen LogP contribution in [0.3, 0.4) is 0 Å². The van der Waals surface area contributed by atoms with Gasteiger partial charge in [0.2, 0.25) is 0 Å². The van der Waals surface area contributed by atoms with Gasteiger partial charge in [-0.1, -0.05) is 6.08 Å². The van der Waals surface area contributed by atoms with E-state index in [4.69, 9.17) is 0 Å². The van der Waals surface area contributed by atoms with Crippen molar-refractivity contribution in [2.75, 3.05) is 33.2 Å². The quantitative estimate of drug-likeness (QED) is 0.607. The Morgan fingerprint density at radius 2 is 2.00 bits per heavy atom. The lowest BCUT2D eigenvalue weighted by atomic mass is 10.4. The van der Waals surface area contributed by atoms with E-state index in [9.17, 15) is 0 Å². The van der Waals surface area contributed by atoms with Gasteiger partial charge in [-0.15, -0.1) is 10.2 Å². The first-order chi connectivity index (χ1) is 6.81. The maximum absolute atomic E-state index is 4.40. The lowest BCUT2D eigenvalue weighted by Gasteiger charge is -2.41. The molecule has 0 saturated carbocycles. The number of nitrogens with one attached hydrogen (secondary N) is 1. The molecule has 0 unspecified atom stereocenters. The largest absolute Gasteiger partial charge is 0.306 e. The Balaban J connectivity index is 2.12. The van der Waals surface area contributed by atoms with Crippen molar-refractivity contribution in [3.05, 3.63) is 24.4 Å². The Kier molecular flexibility index (Phi) is 2.65. The zero-order valence-corrected chi connectivity index (χ0v) is 8.56. The topological polar surface area (TPSA) is 27.6 Å². The van der Waals surface area contributed by atoms with Crippen molar-refractivity contribution >= 4 is 6.21 Å². The molecule has 0 aromatic heterocycles. The standard InChI is InChI=1S/C10H17N4/c1-14(9-6-11-7-10-14)13-8-4-2-3-5-12-13/h2-5,8,11H,6-7,9-10H2,1H3/q+1. The Morgan fingerprint density at radius 1 is 1.21 bits per heavy atom. The molecule has 0 aromatic rings. The summed E-state index contributed by atoms with van der Waals surface area (Å²) in [6, 6.07) is 0. The molecule has 76 valence electrons. The number of hydrazone groups is 1. The number of rotatable bonds is 1. The first-order valence-electron chi connectivity index (χ1n) is 5.04. The maximum Gasteiger partial charge on any atom is 0.115 e. The second-order valence-electron chi connectivity index (χ2n) is 3.85. The summed E-state index contributed by atoms with van der Waals surface area (Å²) in [5.74, 6) is 0. The van der Waals surface area contributed by atoms with Crippen molar-refractivity contribution in [3.8, 4) is 0 Å². The van der Waals surface area contributed by atoms with E-state index in [-0.39, 0.29) is 0 Å². The lowest BCUT2D eigenvalue weighted by Crippen LogP contribution is -2.61. The van der Waals surface area contributed by atoms with Crippen LogP contribution in [0.15, 0.2) is 29.5 Å². The molecular formula is C10H17N4+. The number of allylic oxidation sites excluding steroid dienone is 3. The first kappa shape index (κ1) is 9.43. The summed E-state index contributed by atoms with van der Waals surface area (Å²) in [5.41, 5.74) is 0. The van der Waals surface area contributed by atoms with Gasteiger partial charge in [0.15, 0.2) is 0 Å². The van der Waals surface area contributed by atoms with Gasteiger partial charge in [-0.3, -0.25) is 0 Å². The number of quaternary nitrogens is 1. The molecule has 1 saturated heterocycles. The summed E-state index contributed by atoms with van der Waals surface area (Å²) in [7, 11) is 2.22. The van der Waals surface area contributed by atoms with Gasteiger partial charge >= 0.3 is 0 Å². The highest BCUT2D eigenvalue weighted by atomic mass is 15.9. The minimum absolute atomic E-state index is 0.863. The zero-order valence-electron chi connectivity index (χ0n) is 8.56. The molecule has 2 rings (SSSR count). The van der Waals surface area contributed by atoms with Crippen molar-refractivity contribution in [3.63, 3.8) is 0 Å². The normalized spacial score (nSPS) is 25.1. The number of hydrogen-bond acceptors (Lipinski definition) is 3. The van der Waals surface area contributed by atoms with Crippen LogP contribution in [0.4, 0.5) is 0 Å². The molecule has 2 heterocycles. The van der Waals surface area contributed by atoms with E-state index in [2.05, 4.69) is 17.5 Å². The molecule has 0 aliphatic carbocycles. The molecule has 4 nitrogen and oxygen atoms in total. The van der Waals surface area contributed by atoms with Crippen LogP contribution in [0.2, 0.25) is 0 Å². The molecule has 0 aromatic carbocycles. The van der Waals surface area contributed by atoms with Crippen LogP contribution in [0.1, 0.15) is 0 Å². The van der Waals surface area contributed by atoms with Crippen LogP contribution < -0.4 is 5.32 Å². The number of piperazine rings is 1. The van der Waals surface area contributed by atoms with Crippen molar-refractivity contribution in [1.29, 1.82) is 0 Å². The van der Waals surface area contributed by atoms with Crippen LogP contribution >= 0.6 is 0 Å². The van der Waals surface area contributed by atoms with Gasteiger partial charge < -0.3 is 5.32 Å². The van der Waals surface area contributed by atoms with Crippen LogP contribution in [-0.4, -0.2) is 49.2 Å². The summed E-state index contributed by atoms with van der Waals surface area (Å²) in [4.78, 5) is 0. The third-order valence-corrected chi connectivity index (χ3v) is 2.75. The summed E-state index contributed by atoms with van der Waals surface area (Å²) >= 11 is 0. The fourth-order valence-electron chi connectivity index (χ4n) is 1.75. The van der Waals surface area contributed by atoms with E-state index < -0.39 is 0 Å². The highest BCUT2D eigenvalue weighted by Crippen LogP contribution is 2.13. The average molecular weight is 193 g/mol. The van der Waals surface area contributed by atoms with Crippen molar-refractivity contribution < 1.29 is 4.59 Å². The molecule has 0 bridgehead atoms. The van der Waals surface area contributed by atoms with Crippen LogP contribution in [0.25, 0.3) is 0 Å². The lowest BCUT2D eigenvalue weighted by molar-refractivity contribution is -1.01. The molecule has 2 aliphatic rings. The van der Waals surface area contributed by atoms with E-state index in [1.807, 2.05) is 35.8 Å². The smallest absolute Gasteiger partial charge is 0.115 e. The Labute approximate surface area is 84.7 Å². The van der Waals surface area contributed by atoms with E-state index >= 15 is 0 Å². The molecule has 0 radical (unpaired) electrons. The molecule has 1 fully saturated rings. The van der Waals surface area contributed by atoms with Crippen LogP contribution in [-0.2, 0) is 0 Å². The maximum atomic E-state index is 4.40. The number of hydrogen-bond donors (Lipinski definition) is 1. The fraction of sp³-hybridized carbons (Fsp3) is 0.500. The summed E-state index contributed by atoms with van der Waals surface area (Å²) < 4.78 is 0.863. The molecule has 0 amide bonds. The minimum atomic E-state index is 0.863. The second-order valence-corrected chi connectivity index (χ2v) is 3.85. The molecule has 2 aliphatic heterocycles. The van der Waals surface area contributed by atoms with Crippen molar-refractivity contribution in [1.82, 2.24) is 10.4 Å². The molecule has 0 spiro atoms. The van der Waals surface area contributed by atoms with Gasteiger partial charge in [-0.05, 0) is 12.2 Å². The van der Waals surface area contributed by atoms with Gasteiger partial charge in [0.25, 0.3) is 0 Å².